The second-order valence-electron chi connectivity index (χ2n) is 5.29. The first kappa shape index (κ1) is 15.2. The highest BCUT2D eigenvalue weighted by Gasteiger charge is 2.33. The standard InChI is InChI=1S/C15H19NO5/c1-9-7-10(15(19)20)5-6-16(9)14(18)12-8-11(21-2)3-4-13(12)17/h3-4,8-10,17H,5-7H2,1-2H3,(H,19,20). The Balaban J connectivity index is 2.19. The molecule has 1 aromatic carbocycles. The molecular formula is C15H19NO5. The highest BCUT2D eigenvalue weighted by Crippen LogP contribution is 2.29. The van der Waals surface area contributed by atoms with Gasteiger partial charge in [-0.3, -0.25) is 9.59 Å². The third-order valence-corrected chi connectivity index (χ3v) is 3.92. The Kier molecular flexibility index (Phi) is 4.35. The molecule has 1 heterocycles. The molecule has 1 amide bonds. The van der Waals surface area contributed by atoms with Crippen LogP contribution in [0.4, 0.5) is 0 Å². The molecule has 0 bridgehead atoms. The van der Waals surface area contributed by atoms with Crippen LogP contribution in [0.25, 0.3) is 0 Å². The number of likely N-dealkylation sites (tertiary alicyclic amines) is 1. The smallest absolute Gasteiger partial charge is 0.306 e. The van der Waals surface area contributed by atoms with E-state index >= 15 is 0 Å². The Morgan fingerprint density at radius 2 is 2.10 bits per heavy atom. The first-order chi connectivity index (χ1) is 9.93. The van der Waals surface area contributed by atoms with Gasteiger partial charge in [0.25, 0.3) is 5.91 Å². The summed E-state index contributed by atoms with van der Waals surface area (Å²) in [5, 5.41) is 18.9. The van der Waals surface area contributed by atoms with Crippen LogP contribution in [0.1, 0.15) is 30.1 Å². The Hall–Kier alpha value is -2.24. The summed E-state index contributed by atoms with van der Waals surface area (Å²) in [7, 11) is 1.49. The molecule has 1 aromatic rings. The number of carbonyl (C=O) groups is 2. The maximum atomic E-state index is 12.5. The number of carbonyl (C=O) groups excluding carboxylic acids is 1. The van der Waals surface area contributed by atoms with Crippen LogP contribution in [0.15, 0.2) is 18.2 Å². The SMILES string of the molecule is COc1ccc(O)c(C(=O)N2CCC(C(=O)O)CC2C)c1. The van der Waals surface area contributed by atoms with Gasteiger partial charge in [-0.25, -0.2) is 0 Å². The summed E-state index contributed by atoms with van der Waals surface area (Å²) < 4.78 is 5.06. The van der Waals surface area contributed by atoms with E-state index in [1.165, 1.54) is 19.2 Å². The van der Waals surface area contributed by atoms with E-state index in [1.807, 2.05) is 6.92 Å². The maximum absolute atomic E-state index is 12.5. The van der Waals surface area contributed by atoms with Crippen LogP contribution in [0, 0.1) is 5.92 Å². The molecular weight excluding hydrogens is 274 g/mol. The number of carboxylic acid groups (broad SMARTS) is 1. The minimum absolute atomic E-state index is 0.103. The highest BCUT2D eigenvalue weighted by molar-refractivity contribution is 5.97. The summed E-state index contributed by atoms with van der Waals surface area (Å²) in [6.45, 7) is 2.19. The van der Waals surface area contributed by atoms with Gasteiger partial charge >= 0.3 is 5.97 Å². The van der Waals surface area contributed by atoms with E-state index in [0.29, 0.717) is 25.1 Å². The van der Waals surface area contributed by atoms with E-state index in [2.05, 4.69) is 0 Å². The molecule has 2 rings (SSSR count). The number of nitrogens with zero attached hydrogens (tertiary/aromatic N) is 1. The summed E-state index contributed by atoms with van der Waals surface area (Å²) in [5.74, 6) is -1.15. The zero-order chi connectivity index (χ0) is 15.6. The third-order valence-electron chi connectivity index (χ3n) is 3.92. The number of piperidine rings is 1. The number of rotatable bonds is 3. The topological polar surface area (TPSA) is 87.1 Å². The molecule has 1 fully saturated rings. The summed E-state index contributed by atoms with van der Waals surface area (Å²) >= 11 is 0. The largest absolute Gasteiger partial charge is 0.507 e. The van der Waals surface area contributed by atoms with Gasteiger partial charge in [-0.15, -0.1) is 0 Å². The lowest BCUT2D eigenvalue weighted by Crippen LogP contribution is -2.46. The number of methoxy groups -OCH3 is 1. The molecule has 114 valence electrons. The molecule has 0 aliphatic carbocycles. The number of phenols is 1. The van der Waals surface area contributed by atoms with Crippen molar-refractivity contribution in [2.45, 2.75) is 25.8 Å². The van der Waals surface area contributed by atoms with Crippen molar-refractivity contribution in [1.29, 1.82) is 0 Å². The van der Waals surface area contributed by atoms with Gasteiger partial charge in [0.2, 0.25) is 0 Å². The lowest BCUT2D eigenvalue weighted by Gasteiger charge is -2.36. The van der Waals surface area contributed by atoms with Crippen molar-refractivity contribution in [2.75, 3.05) is 13.7 Å². The second kappa shape index (κ2) is 6.03. The molecule has 2 atom stereocenters. The van der Waals surface area contributed by atoms with E-state index in [1.54, 1.807) is 11.0 Å². The summed E-state index contributed by atoms with van der Waals surface area (Å²) in [5.41, 5.74) is 0.176. The lowest BCUT2D eigenvalue weighted by atomic mass is 9.91. The van der Waals surface area contributed by atoms with E-state index in [-0.39, 0.29) is 23.3 Å². The van der Waals surface area contributed by atoms with Crippen molar-refractivity contribution in [3.8, 4) is 11.5 Å². The lowest BCUT2D eigenvalue weighted by molar-refractivity contribution is -0.143. The first-order valence-electron chi connectivity index (χ1n) is 6.84. The van der Waals surface area contributed by atoms with Crippen LogP contribution in [-0.4, -0.2) is 46.7 Å². The fourth-order valence-electron chi connectivity index (χ4n) is 2.67. The fourth-order valence-corrected chi connectivity index (χ4v) is 2.67. The van der Waals surface area contributed by atoms with Crippen LogP contribution in [0.2, 0.25) is 0 Å². The molecule has 6 nitrogen and oxygen atoms in total. The van der Waals surface area contributed by atoms with Gasteiger partial charge in [-0.2, -0.15) is 0 Å². The van der Waals surface area contributed by atoms with Gasteiger partial charge < -0.3 is 19.8 Å². The zero-order valence-corrected chi connectivity index (χ0v) is 12.1. The normalized spacial score (nSPS) is 21.9. The van der Waals surface area contributed by atoms with Crippen molar-refractivity contribution < 1.29 is 24.5 Å². The van der Waals surface area contributed by atoms with Crippen molar-refractivity contribution in [3.63, 3.8) is 0 Å². The third kappa shape index (κ3) is 3.09. The number of aromatic hydroxyl groups is 1. The average Bonchev–Trinajstić information content (AvgIpc) is 2.47. The van der Waals surface area contributed by atoms with E-state index in [4.69, 9.17) is 9.84 Å². The van der Waals surface area contributed by atoms with Gasteiger partial charge in [0, 0.05) is 12.6 Å². The Labute approximate surface area is 122 Å². The summed E-state index contributed by atoms with van der Waals surface area (Å²) in [6.07, 6.45) is 0.849. The zero-order valence-electron chi connectivity index (χ0n) is 12.1. The number of hydrogen-bond donors (Lipinski definition) is 2. The van der Waals surface area contributed by atoms with Gasteiger partial charge in [-0.05, 0) is 38.0 Å². The quantitative estimate of drug-likeness (QED) is 0.886. The fraction of sp³-hybridized carbons (Fsp3) is 0.467. The number of hydrogen-bond acceptors (Lipinski definition) is 4. The maximum Gasteiger partial charge on any atom is 0.306 e. The van der Waals surface area contributed by atoms with Crippen LogP contribution < -0.4 is 4.74 Å². The number of benzene rings is 1. The van der Waals surface area contributed by atoms with Crippen LogP contribution in [-0.2, 0) is 4.79 Å². The van der Waals surface area contributed by atoms with Crippen molar-refractivity contribution in [3.05, 3.63) is 23.8 Å². The molecule has 6 heteroatoms. The van der Waals surface area contributed by atoms with Gasteiger partial charge in [0.1, 0.15) is 11.5 Å². The van der Waals surface area contributed by atoms with Gasteiger partial charge in [0.15, 0.2) is 0 Å². The number of aliphatic carboxylic acids is 1. The Morgan fingerprint density at radius 3 is 2.67 bits per heavy atom. The molecule has 1 aliphatic rings. The van der Waals surface area contributed by atoms with Gasteiger partial charge in [-0.1, -0.05) is 0 Å². The summed E-state index contributed by atoms with van der Waals surface area (Å²) in [4.78, 5) is 25.2. The average molecular weight is 293 g/mol. The van der Waals surface area contributed by atoms with Crippen molar-refractivity contribution in [1.82, 2.24) is 4.90 Å². The Morgan fingerprint density at radius 1 is 1.38 bits per heavy atom. The van der Waals surface area contributed by atoms with Crippen LogP contribution in [0.3, 0.4) is 0 Å². The van der Waals surface area contributed by atoms with E-state index in [9.17, 15) is 14.7 Å². The number of amides is 1. The number of ether oxygens (including phenoxy) is 1. The molecule has 21 heavy (non-hydrogen) atoms. The molecule has 2 N–H and O–H groups in total. The van der Waals surface area contributed by atoms with Crippen molar-refractivity contribution >= 4 is 11.9 Å². The minimum Gasteiger partial charge on any atom is -0.507 e. The van der Waals surface area contributed by atoms with Crippen LogP contribution in [0.5, 0.6) is 11.5 Å². The van der Waals surface area contributed by atoms with Crippen molar-refractivity contribution in [2.24, 2.45) is 5.92 Å². The highest BCUT2D eigenvalue weighted by atomic mass is 16.5. The predicted octanol–water partition coefficient (Wildman–Crippen LogP) is 1.73. The molecule has 0 radical (unpaired) electrons. The first-order valence-corrected chi connectivity index (χ1v) is 6.84. The predicted molar refractivity (Wildman–Crippen MR) is 75.5 cm³/mol. The monoisotopic (exact) mass is 293 g/mol. The van der Waals surface area contributed by atoms with Crippen LogP contribution >= 0.6 is 0 Å². The number of phenolic OH excluding ortho intramolecular Hbond substituents is 1. The summed E-state index contributed by atoms with van der Waals surface area (Å²) in [6, 6.07) is 4.30. The van der Waals surface area contributed by atoms with Gasteiger partial charge in [0.05, 0.1) is 18.6 Å². The molecule has 0 spiro atoms. The number of carboxylic acids is 1. The molecule has 1 saturated heterocycles. The minimum atomic E-state index is -0.821. The van der Waals surface area contributed by atoms with E-state index < -0.39 is 11.9 Å². The Bertz CT molecular complexity index is 557. The van der Waals surface area contributed by atoms with E-state index in [0.717, 1.165) is 0 Å². The molecule has 0 aromatic heterocycles. The molecule has 1 aliphatic heterocycles. The molecule has 2 unspecified atom stereocenters. The molecule has 0 saturated carbocycles. The second-order valence-corrected chi connectivity index (χ2v) is 5.29.